The second-order valence-electron chi connectivity index (χ2n) is 5.20. The van der Waals surface area contributed by atoms with E-state index < -0.39 is 24.0 Å². The van der Waals surface area contributed by atoms with Crippen molar-refractivity contribution in [2.45, 2.75) is 6.42 Å². The van der Waals surface area contributed by atoms with E-state index in [1.165, 1.54) is 13.4 Å². The molecule has 1 heterocycles. The number of carbonyl (C=O) groups is 3. The highest BCUT2D eigenvalue weighted by Crippen LogP contribution is 2.32. The molecule has 0 fully saturated rings. The smallest absolute Gasteiger partial charge is 0.313 e. The van der Waals surface area contributed by atoms with E-state index in [0.29, 0.717) is 11.0 Å². The van der Waals surface area contributed by atoms with Gasteiger partial charge in [-0.05, 0) is 17.2 Å². The van der Waals surface area contributed by atoms with Gasteiger partial charge in [0.15, 0.2) is 0 Å². The van der Waals surface area contributed by atoms with Gasteiger partial charge in [0.05, 0.1) is 12.7 Å². The lowest BCUT2D eigenvalue weighted by Crippen LogP contribution is -2.18. The van der Waals surface area contributed by atoms with Crippen molar-refractivity contribution in [3.8, 4) is 11.1 Å². The highest BCUT2D eigenvalue weighted by Gasteiger charge is 2.25. The predicted molar refractivity (Wildman–Crippen MR) is 87.6 cm³/mol. The van der Waals surface area contributed by atoms with Crippen LogP contribution in [0.15, 0.2) is 59.2 Å². The maximum Gasteiger partial charge on any atom is 0.313 e. The van der Waals surface area contributed by atoms with Gasteiger partial charge < -0.3 is 9.15 Å². The van der Waals surface area contributed by atoms with Gasteiger partial charge in [-0.25, -0.2) is 0 Å². The van der Waals surface area contributed by atoms with Gasteiger partial charge in [0.25, 0.3) is 0 Å². The molecule has 0 saturated heterocycles. The zero-order valence-corrected chi connectivity index (χ0v) is 12.9. The number of benzene rings is 2. The molecule has 0 atom stereocenters. The molecule has 0 aliphatic heterocycles. The van der Waals surface area contributed by atoms with Crippen molar-refractivity contribution in [2.24, 2.45) is 0 Å². The molecule has 0 aliphatic rings. The van der Waals surface area contributed by atoms with E-state index in [1.807, 2.05) is 42.5 Å². The summed E-state index contributed by atoms with van der Waals surface area (Å²) in [5.41, 5.74) is 2.35. The van der Waals surface area contributed by atoms with Crippen LogP contribution < -0.4 is 0 Å². The van der Waals surface area contributed by atoms with Gasteiger partial charge >= 0.3 is 5.97 Å². The van der Waals surface area contributed by atoms with Crippen molar-refractivity contribution < 1.29 is 23.5 Å². The predicted octanol–water partition coefficient (Wildman–Crippen LogP) is 3.41. The van der Waals surface area contributed by atoms with E-state index >= 15 is 0 Å². The Morgan fingerprint density at radius 3 is 2.46 bits per heavy atom. The van der Waals surface area contributed by atoms with Crippen molar-refractivity contribution >= 4 is 28.5 Å². The average molecular weight is 322 g/mol. The summed E-state index contributed by atoms with van der Waals surface area (Å²) in [5.74, 6) is -2.33. The lowest BCUT2D eigenvalue weighted by molar-refractivity contribution is -0.142. The number of furan rings is 1. The van der Waals surface area contributed by atoms with E-state index in [0.717, 1.165) is 11.1 Å². The van der Waals surface area contributed by atoms with Crippen LogP contribution in [-0.2, 0) is 14.3 Å². The summed E-state index contributed by atoms with van der Waals surface area (Å²) in [6.45, 7) is 0. The molecular weight excluding hydrogens is 308 g/mol. The van der Waals surface area contributed by atoms with E-state index in [9.17, 15) is 14.4 Å². The minimum absolute atomic E-state index is 0.151. The number of hydrogen-bond acceptors (Lipinski definition) is 5. The Balaban J connectivity index is 2.08. The van der Waals surface area contributed by atoms with Crippen LogP contribution in [0.1, 0.15) is 16.8 Å². The molecule has 0 radical (unpaired) electrons. The monoisotopic (exact) mass is 322 g/mol. The van der Waals surface area contributed by atoms with Crippen molar-refractivity contribution in [3.63, 3.8) is 0 Å². The van der Waals surface area contributed by atoms with E-state index in [4.69, 9.17) is 4.42 Å². The second kappa shape index (κ2) is 6.50. The molecule has 0 amide bonds. The molecule has 0 N–H and O–H groups in total. The summed E-state index contributed by atoms with van der Waals surface area (Å²) < 4.78 is 9.86. The van der Waals surface area contributed by atoms with Crippen LogP contribution in [-0.4, -0.2) is 24.6 Å². The summed E-state index contributed by atoms with van der Waals surface area (Å²) in [6.07, 6.45) is 0.671. The normalized spacial score (nSPS) is 10.5. The van der Waals surface area contributed by atoms with Gasteiger partial charge in [0, 0.05) is 5.39 Å². The standard InChI is InChI=1S/C19H14O5/c1-23-17(21)10-15(20)19(22)14-11-24-16-9-5-8-13(18(14)16)12-6-3-2-4-7-12/h2-9,11H,10H2,1H3. The van der Waals surface area contributed by atoms with Crippen LogP contribution in [0.5, 0.6) is 0 Å². The number of carbonyl (C=O) groups excluding carboxylic acids is 3. The van der Waals surface area contributed by atoms with Crippen molar-refractivity contribution in [2.75, 3.05) is 7.11 Å². The molecule has 3 aromatic rings. The van der Waals surface area contributed by atoms with Crippen LogP contribution in [0, 0.1) is 0 Å². The third-order valence-corrected chi connectivity index (χ3v) is 3.71. The highest BCUT2D eigenvalue weighted by atomic mass is 16.5. The topological polar surface area (TPSA) is 73.6 Å². The first-order chi connectivity index (χ1) is 11.6. The third-order valence-electron chi connectivity index (χ3n) is 3.71. The Bertz CT molecular complexity index is 921. The van der Waals surface area contributed by atoms with E-state index in [-0.39, 0.29) is 5.56 Å². The van der Waals surface area contributed by atoms with Crippen molar-refractivity contribution in [3.05, 3.63) is 60.4 Å². The molecule has 3 rings (SSSR count). The molecule has 5 nitrogen and oxygen atoms in total. The Labute approximate surface area is 137 Å². The molecule has 0 bridgehead atoms. The van der Waals surface area contributed by atoms with Gasteiger partial charge in [0.2, 0.25) is 11.6 Å². The second-order valence-corrected chi connectivity index (χ2v) is 5.20. The van der Waals surface area contributed by atoms with Crippen LogP contribution in [0.2, 0.25) is 0 Å². The highest BCUT2D eigenvalue weighted by molar-refractivity contribution is 6.48. The Kier molecular flexibility index (Phi) is 4.24. The first-order valence-corrected chi connectivity index (χ1v) is 7.32. The van der Waals surface area contributed by atoms with Crippen LogP contribution >= 0.6 is 0 Å². The first kappa shape index (κ1) is 15.7. The zero-order chi connectivity index (χ0) is 17.1. The minimum atomic E-state index is -0.826. The molecule has 0 spiro atoms. The summed E-state index contributed by atoms with van der Waals surface area (Å²) in [4.78, 5) is 35.7. The number of hydrogen-bond donors (Lipinski definition) is 0. The fraction of sp³-hybridized carbons (Fsp3) is 0.105. The molecule has 1 aromatic heterocycles. The maximum atomic E-state index is 12.4. The molecule has 24 heavy (non-hydrogen) atoms. The van der Waals surface area contributed by atoms with Crippen LogP contribution in [0.25, 0.3) is 22.1 Å². The Morgan fingerprint density at radius 2 is 1.75 bits per heavy atom. The Morgan fingerprint density at radius 1 is 1.00 bits per heavy atom. The van der Waals surface area contributed by atoms with Gasteiger partial charge in [-0.3, -0.25) is 14.4 Å². The number of esters is 1. The van der Waals surface area contributed by atoms with E-state index in [1.54, 1.807) is 6.07 Å². The molecule has 5 heteroatoms. The number of fused-ring (bicyclic) bond motifs is 1. The zero-order valence-electron chi connectivity index (χ0n) is 12.9. The largest absolute Gasteiger partial charge is 0.469 e. The summed E-state index contributed by atoms with van der Waals surface area (Å²) in [7, 11) is 1.17. The fourth-order valence-electron chi connectivity index (χ4n) is 2.55. The average Bonchev–Trinajstić information content (AvgIpc) is 3.05. The Hall–Kier alpha value is -3.21. The van der Waals surface area contributed by atoms with Gasteiger partial charge in [0.1, 0.15) is 18.3 Å². The van der Waals surface area contributed by atoms with Crippen LogP contribution in [0.4, 0.5) is 0 Å². The molecule has 120 valence electrons. The molecule has 2 aromatic carbocycles. The molecular formula is C19H14O5. The fourth-order valence-corrected chi connectivity index (χ4v) is 2.55. The van der Waals surface area contributed by atoms with Crippen molar-refractivity contribution in [1.29, 1.82) is 0 Å². The number of methoxy groups -OCH3 is 1. The lowest BCUT2D eigenvalue weighted by Gasteiger charge is -2.05. The van der Waals surface area contributed by atoms with Gasteiger partial charge in [-0.1, -0.05) is 42.5 Å². The summed E-state index contributed by atoms with van der Waals surface area (Å²) in [5, 5.41) is 0.562. The maximum absolute atomic E-state index is 12.4. The van der Waals surface area contributed by atoms with Gasteiger partial charge in [-0.2, -0.15) is 0 Å². The number of Topliss-reactive ketones (excluding diaryl/α,β-unsaturated/α-hetero) is 2. The molecule has 0 aliphatic carbocycles. The molecule has 0 saturated carbocycles. The van der Waals surface area contributed by atoms with E-state index in [2.05, 4.69) is 4.74 Å². The van der Waals surface area contributed by atoms with Gasteiger partial charge in [-0.15, -0.1) is 0 Å². The lowest BCUT2D eigenvalue weighted by atomic mass is 9.96. The number of rotatable bonds is 5. The third kappa shape index (κ3) is 2.84. The summed E-state index contributed by atoms with van der Waals surface area (Å²) in [6, 6.07) is 14.9. The number of ether oxygens (including phenoxy) is 1. The SMILES string of the molecule is COC(=O)CC(=O)C(=O)c1coc2cccc(-c3ccccc3)c12. The number of ketones is 2. The minimum Gasteiger partial charge on any atom is -0.469 e. The quantitative estimate of drug-likeness (QED) is 0.311. The molecule has 0 unspecified atom stereocenters. The van der Waals surface area contributed by atoms with Crippen molar-refractivity contribution in [1.82, 2.24) is 0 Å². The summed E-state index contributed by atoms with van der Waals surface area (Å²) >= 11 is 0. The first-order valence-electron chi connectivity index (χ1n) is 7.32. The van der Waals surface area contributed by atoms with Crippen LogP contribution in [0.3, 0.4) is 0 Å².